The maximum atomic E-state index is 11.9. The van der Waals surface area contributed by atoms with Gasteiger partial charge in [-0.05, 0) is 42.8 Å². The number of ether oxygens (including phenoxy) is 1. The first kappa shape index (κ1) is 16.9. The van der Waals surface area contributed by atoms with Crippen LogP contribution in [-0.2, 0) is 9.53 Å². The zero-order chi connectivity index (χ0) is 17.6. The van der Waals surface area contributed by atoms with E-state index in [9.17, 15) is 4.79 Å². The van der Waals surface area contributed by atoms with E-state index in [0.29, 0.717) is 10.8 Å². The fraction of sp³-hybridized carbons (Fsp3) is 0.111. The normalized spacial score (nSPS) is 12.2. The van der Waals surface area contributed by atoms with Crippen molar-refractivity contribution in [2.24, 2.45) is 0 Å². The predicted molar refractivity (Wildman–Crippen MR) is 92.5 cm³/mol. The molecule has 1 aromatic carbocycles. The van der Waals surface area contributed by atoms with Gasteiger partial charge in [0.25, 0.3) is 5.89 Å². The number of pyridine rings is 1. The smallest absolute Gasteiger partial charge is 0.331 e. The second kappa shape index (κ2) is 7.72. The molecule has 0 spiro atoms. The molecular weight excluding hydrogens is 342 g/mol. The lowest BCUT2D eigenvalue weighted by Crippen LogP contribution is -2.06. The van der Waals surface area contributed by atoms with Gasteiger partial charge in [0, 0.05) is 29.1 Å². The number of carbonyl (C=O) groups excluding carboxylic acids is 1. The van der Waals surface area contributed by atoms with Gasteiger partial charge in [-0.3, -0.25) is 4.98 Å². The Hall–Kier alpha value is -2.99. The molecule has 0 radical (unpaired) electrons. The van der Waals surface area contributed by atoms with E-state index in [1.54, 1.807) is 49.7 Å². The Kier molecular flexibility index (Phi) is 5.20. The first-order valence-corrected chi connectivity index (χ1v) is 7.88. The summed E-state index contributed by atoms with van der Waals surface area (Å²) in [4.78, 5) is 20.1. The molecule has 0 saturated carbocycles. The lowest BCUT2D eigenvalue weighted by Gasteiger charge is -2.06. The molecule has 0 saturated heterocycles. The van der Waals surface area contributed by atoms with Crippen LogP contribution >= 0.6 is 11.6 Å². The number of benzene rings is 1. The van der Waals surface area contributed by atoms with Gasteiger partial charge in [-0.1, -0.05) is 28.9 Å². The first-order valence-electron chi connectivity index (χ1n) is 7.50. The van der Waals surface area contributed by atoms with Crippen LogP contribution in [-0.4, -0.2) is 21.1 Å². The summed E-state index contributed by atoms with van der Waals surface area (Å²) in [6, 6.07) is 10.7. The summed E-state index contributed by atoms with van der Waals surface area (Å²) in [5.41, 5.74) is 1.52. The van der Waals surface area contributed by atoms with Crippen LogP contribution in [0.5, 0.6) is 0 Å². The molecule has 7 heteroatoms. The quantitative estimate of drug-likeness (QED) is 0.506. The van der Waals surface area contributed by atoms with Crippen LogP contribution in [0.1, 0.15) is 24.5 Å². The zero-order valence-electron chi connectivity index (χ0n) is 13.3. The Labute approximate surface area is 149 Å². The minimum atomic E-state index is -0.672. The highest BCUT2D eigenvalue weighted by atomic mass is 35.5. The van der Waals surface area contributed by atoms with E-state index >= 15 is 0 Å². The van der Waals surface area contributed by atoms with Crippen molar-refractivity contribution in [3.8, 4) is 11.4 Å². The molecular formula is C18H14ClN3O3. The van der Waals surface area contributed by atoms with Gasteiger partial charge in [0.2, 0.25) is 5.82 Å². The number of hydrogen-bond donors (Lipinski definition) is 0. The minimum Gasteiger partial charge on any atom is -0.449 e. The topological polar surface area (TPSA) is 78.1 Å². The Morgan fingerprint density at radius 2 is 2.20 bits per heavy atom. The van der Waals surface area contributed by atoms with Crippen molar-refractivity contribution >= 4 is 23.6 Å². The molecule has 126 valence electrons. The molecule has 0 aliphatic heterocycles. The highest BCUT2D eigenvalue weighted by Crippen LogP contribution is 2.20. The van der Waals surface area contributed by atoms with Gasteiger partial charge in [-0.25, -0.2) is 4.79 Å². The molecule has 3 aromatic rings. The summed E-state index contributed by atoms with van der Waals surface area (Å²) in [5.74, 6) is 0.0810. The van der Waals surface area contributed by atoms with Gasteiger partial charge < -0.3 is 9.26 Å². The van der Waals surface area contributed by atoms with Gasteiger partial charge in [-0.15, -0.1) is 0 Å². The maximum absolute atomic E-state index is 11.9. The summed E-state index contributed by atoms with van der Waals surface area (Å²) < 4.78 is 10.4. The lowest BCUT2D eigenvalue weighted by molar-refractivity contribution is -0.143. The molecule has 1 atom stereocenters. The SMILES string of the molecule is CC(OC(=O)/C=C/c1cccc(Cl)c1)c1nc(-c2cccnc2)no1. The molecule has 25 heavy (non-hydrogen) atoms. The Balaban J connectivity index is 1.63. The van der Waals surface area contributed by atoms with E-state index in [1.165, 1.54) is 6.08 Å². The molecule has 0 amide bonds. The highest BCUT2D eigenvalue weighted by molar-refractivity contribution is 6.30. The number of carbonyl (C=O) groups is 1. The average Bonchev–Trinajstić information content (AvgIpc) is 3.11. The summed E-state index contributed by atoms with van der Waals surface area (Å²) in [6.45, 7) is 1.66. The van der Waals surface area contributed by atoms with E-state index < -0.39 is 12.1 Å². The summed E-state index contributed by atoms with van der Waals surface area (Å²) >= 11 is 5.90. The van der Waals surface area contributed by atoms with Crippen LogP contribution in [0.25, 0.3) is 17.5 Å². The van der Waals surface area contributed by atoms with E-state index in [4.69, 9.17) is 20.9 Å². The van der Waals surface area contributed by atoms with Gasteiger partial charge in [0.05, 0.1) is 0 Å². The highest BCUT2D eigenvalue weighted by Gasteiger charge is 2.18. The van der Waals surface area contributed by atoms with Crippen molar-refractivity contribution in [2.75, 3.05) is 0 Å². The molecule has 2 heterocycles. The van der Waals surface area contributed by atoms with E-state index in [2.05, 4.69) is 15.1 Å². The predicted octanol–water partition coefficient (Wildman–Crippen LogP) is 4.10. The third kappa shape index (κ3) is 4.51. The van der Waals surface area contributed by atoms with Crippen molar-refractivity contribution in [3.05, 3.63) is 71.3 Å². The van der Waals surface area contributed by atoms with Crippen LogP contribution in [0.4, 0.5) is 0 Å². The van der Waals surface area contributed by atoms with E-state index in [1.807, 2.05) is 12.1 Å². The largest absolute Gasteiger partial charge is 0.449 e. The van der Waals surface area contributed by atoms with Crippen LogP contribution < -0.4 is 0 Å². The minimum absolute atomic E-state index is 0.211. The van der Waals surface area contributed by atoms with Gasteiger partial charge >= 0.3 is 5.97 Å². The molecule has 0 aliphatic carbocycles. The molecule has 1 unspecified atom stereocenters. The van der Waals surface area contributed by atoms with Crippen molar-refractivity contribution < 1.29 is 14.1 Å². The Morgan fingerprint density at radius 1 is 1.32 bits per heavy atom. The number of esters is 1. The second-order valence-corrected chi connectivity index (χ2v) is 5.60. The maximum Gasteiger partial charge on any atom is 0.331 e. The van der Waals surface area contributed by atoms with Crippen LogP contribution in [0.3, 0.4) is 0 Å². The molecule has 0 fully saturated rings. The number of hydrogen-bond acceptors (Lipinski definition) is 6. The fourth-order valence-electron chi connectivity index (χ4n) is 2.05. The van der Waals surface area contributed by atoms with Crippen molar-refractivity contribution in [1.29, 1.82) is 0 Å². The first-order chi connectivity index (χ1) is 12.1. The molecule has 0 N–H and O–H groups in total. The van der Waals surface area contributed by atoms with Crippen molar-refractivity contribution in [1.82, 2.24) is 15.1 Å². The second-order valence-electron chi connectivity index (χ2n) is 5.17. The standard InChI is InChI=1S/C18H14ClN3O3/c1-12(18-21-17(22-25-18)14-5-3-9-20-11-14)24-16(23)8-7-13-4-2-6-15(19)10-13/h2-12H,1H3/b8-7+. The summed E-state index contributed by atoms with van der Waals surface area (Å²) in [6.07, 6.45) is 5.55. The summed E-state index contributed by atoms with van der Waals surface area (Å²) in [5, 5.41) is 4.46. The number of halogens is 1. The van der Waals surface area contributed by atoms with Gasteiger partial charge in [-0.2, -0.15) is 4.98 Å². The Morgan fingerprint density at radius 3 is 2.96 bits per heavy atom. The third-order valence-electron chi connectivity index (χ3n) is 3.26. The Bertz CT molecular complexity index is 893. The van der Waals surface area contributed by atoms with Crippen LogP contribution in [0.15, 0.2) is 59.4 Å². The fourth-order valence-corrected chi connectivity index (χ4v) is 2.25. The van der Waals surface area contributed by atoms with Crippen LogP contribution in [0, 0.1) is 0 Å². The summed E-state index contributed by atoms with van der Waals surface area (Å²) in [7, 11) is 0. The zero-order valence-corrected chi connectivity index (χ0v) is 14.1. The molecule has 6 nitrogen and oxygen atoms in total. The monoisotopic (exact) mass is 355 g/mol. The van der Waals surface area contributed by atoms with E-state index in [-0.39, 0.29) is 5.89 Å². The molecule has 0 aliphatic rings. The lowest BCUT2D eigenvalue weighted by atomic mass is 10.2. The molecule has 3 rings (SSSR count). The van der Waals surface area contributed by atoms with E-state index in [0.717, 1.165) is 11.1 Å². The molecule has 2 aromatic heterocycles. The number of aromatic nitrogens is 3. The third-order valence-corrected chi connectivity index (χ3v) is 3.50. The van der Waals surface area contributed by atoms with Gasteiger partial charge in [0.1, 0.15) is 0 Å². The van der Waals surface area contributed by atoms with Gasteiger partial charge in [0.15, 0.2) is 6.10 Å². The molecule has 0 bridgehead atoms. The van der Waals surface area contributed by atoms with Crippen molar-refractivity contribution in [3.63, 3.8) is 0 Å². The number of rotatable bonds is 5. The van der Waals surface area contributed by atoms with Crippen molar-refractivity contribution in [2.45, 2.75) is 13.0 Å². The number of nitrogens with zero attached hydrogens (tertiary/aromatic N) is 3. The average molecular weight is 356 g/mol. The van der Waals surface area contributed by atoms with Crippen LogP contribution in [0.2, 0.25) is 5.02 Å².